The van der Waals surface area contributed by atoms with Crippen molar-refractivity contribution in [2.24, 2.45) is 11.7 Å². The van der Waals surface area contributed by atoms with Gasteiger partial charge in [-0.2, -0.15) is 0 Å². The summed E-state index contributed by atoms with van der Waals surface area (Å²) < 4.78 is 25.4. The van der Waals surface area contributed by atoms with Crippen LogP contribution in [0, 0.1) is 26.1 Å². The lowest BCUT2D eigenvalue weighted by atomic mass is 10.0. The molecule has 2 atom stereocenters. The SMILES string of the molecule is CC(C)[C@H](NC(=O)CCCCCN1C(=O)C=CC1=O)C(=O)N[C@@H](CCCNC(N)=O)C(=O)Nc1ccc(COC(=O)NC(COC(=O)Oc2ccc([N+](=O)[O-])cc2)COC(=O)Oc2ccc([N+](=O)[O-])cc2)cc1. The van der Waals surface area contributed by atoms with Gasteiger partial charge in [-0.25, -0.2) is 19.2 Å². The minimum absolute atomic E-state index is 0.0498. The Hall–Kier alpha value is -9.17. The molecule has 0 radical (unpaired) electrons. The van der Waals surface area contributed by atoms with Crippen LogP contribution in [0.4, 0.5) is 36.2 Å². The Kier molecular flexibility index (Phi) is 22.0. The van der Waals surface area contributed by atoms with Crippen LogP contribution in [0.25, 0.3) is 0 Å². The van der Waals surface area contributed by atoms with E-state index in [0.29, 0.717) is 24.8 Å². The van der Waals surface area contributed by atoms with Crippen molar-refractivity contribution in [3.8, 4) is 11.5 Å². The van der Waals surface area contributed by atoms with Crippen LogP contribution in [-0.4, -0.2) is 113 Å². The molecule has 0 bridgehead atoms. The normalized spacial score (nSPS) is 12.5. The number of nitro benzene ring substituents is 2. The van der Waals surface area contributed by atoms with Gasteiger partial charge in [0.2, 0.25) is 17.7 Å². The highest BCUT2D eigenvalue weighted by Gasteiger charge is 2.29. The Morgan fingerprint density at radius 2 is 1.22 bits per heavy atom. The minimum Gasteiger partial charge on any atom is -0.445 e. The molecule has 0 aromatic heterocycles. The van der Waals surface area contributed by atoms with Crippen molar-refractivity contribution >= 4 is 71.0 Å². The number of non-ortho nitro benzene ring substituents is 2. The van der Waals surface area contributed by atoms with Crippen molar-refractivity contribution in [1.82, 2.24) is 26.2 Å². The van der Waals surface area contributed by atoms with Gasteiger partial charge >= 0.3 is 24.4 Å². The van der Waals surface area contributed by atoms with E-state index < -0.39 is 89.3 Å². The van der Waals surface area contributed by atoms with Gasteiger partial charge in [0.05, 0.1) is 9.85 Å². The van der Waals surface area contributed by atoms with Crippen molar-refractivity contribution in [2.75, 3.05) is 31.6 Å². The number of alkyl carbamates (subject to hydrolysis) is 1. The van der Waals surface area contributed by atoms with E-state index in [0.717, 1.165) is 53.4 Å². The fourth-order valence-electron chi connectivity index (χ4n) is 6.48. The summed E-state index contributed by atoms with van der Waals surface area (Å²) in [6, 6.07) is 10.6. The number of imide groups is 1. The number of nitro groups is 2. The number of carbonyl (C=O) groups is 9. The van der Waals surface area contributed by atoms with Crippen LogP contribution < -0.4 is 41.8 Å². The molecule has 73 heavy (non-hydrogen) atoms. The average molecular weight is 1020 g/mol. The van der Waals surface area contributed by atoms with E-state index >= 15 is 0 Å². The van der Waals surface area contributed by atoms with E-state index in [1.54, 1.807) is 13.8 Å². The number of hydrogen-bond acceptors (Lipinski definition) is 18. The Bertz CT molecular complexity index is 2410. The number of amides is 8. The van der Waals surface area contributed by atoms with E-state index in [1.165, 1.54) is 36.4 Å². The maximum absolute atomic E-state index is 13.6. The molecule has 1 aliphatic heterocycles. The number of nitrogens with two attached hydrogens (primary N) is 1. The summed E-state index contributed by atoms with van der Waals surface area (Å²) in [4.78, 5) is 134. The summed E-state index contributed by atoms with van der Waals surface area (Å²) in [5, 5.41) is 34.8. The Morgan fingerprint density at radius 3 is 1.73 bits per heavy atom. The lowest BCUT2D eigenvalue weighted by Crippen LogP contribution is -2.54. The number of benzene rings is 3. The summed E-state index contributed by atoms with van der Waals surface area (Å²) in [7, 11) is 0. The van der Waals surface area contributed by atoms with E-state index in [9.17, 15) is 63.4 Å². The zero-order valence-electron chi connectivity index (χ0n) is 39.4. The number of primary amides is 1. The van der Waals surface area contributed by atoms with Crippen molar-refractivity contribution in [1.29, 1.82) is 0 Å². The molecule has 7 N–H and O–H groups in total. The van der Waals surface area contributed by atoms with Crippen LogP contribution in [0.15, 0.2) is 84.9 Å². The lowest BCUT2D eigenvalue weighted by Gasteiger charge is -2.25. The van der Waals surface area contributed by atoms with E-state index in [1.807, 2.05) is 0 Å². The third-order valence-electron chi connectivity index (χ3n) is 10.3. The second-order valence-electron chi connectivity index (χ2n) is 16.2. The minimum atomic E-state index is -1.29. The number of carbonyl (C=O) groups excluding carboxylic acids is 9. The molecule has 0 saturated carbocycles. The lowest BCUT2D eigenvalue weighted by molar-refractivity contribution is -0.385. The smallest absolute Gasteiger partial charge is 0.445 e. The quantitative estimate of drug-likeness (QED) is 0.0119. The molecule has 3 aromatic rings. The van der Waals surface area contributed by atoms with Crippen LogP contribution in [0.1, 0.15) is 57.9 Å². The van der Waals surface area contributed by atoms with E-state index in [-0.39, 0.29) is 79.3 Å². The maximum atomic E-state index is 13.6. The highest BCUT2D eigenvalue weighted by atomic mass is 16.7. The number of anilines is 1. The monoisotopic (exact) mass is 1020 g/mol. The third kappa shape index (κ3) is 20.0. The molecule has 1 heterocycles. The molecule has 390 valence electrons. The first-order valence-corrected chi connectivity index (χ1v) is 22.5. The Balaban J connectivity index is 1.31. The van der Waals surface area contributed by atoms with Crippen molar-refractivity contribution < 1.29 is 76.7 Å². The molecule has 27 heteroatoms. The predicted octanol–water partition coefficient (Wildman–Crippen LogP) is 4.03. The fourth-order valence-corrected chi connectivity index (χ4v) is 6.48. The number of unbranched alkanes of at least 4 members (excludes halogenated alkanes) is 2. The standard InChI is InChI=1S/C46H53N9O18/c1-28(2)40(52-37(56)8-4-3-5-24-53-38(57)21-22-39(53)58)42(60)51-36(7-6-23-48-43(47)61)41(59)49-30-11-9-29(10-12-30)25-69-44(62)50-31(26-70-45(63)72-34-17-13-32(14-18-34)54(65)66)27-71-46(64)73-35-19-15-33(16-20-35)55(67)68/h9-22,28,31,36,40H,3-8,23-27H2,1-2H3,(H,49,59)(H,50,62)(H,51,60)(H,52,56)(H3,47,48,61)/t36-,40-/m0/s1. The van der Waals surface area contributed by atoms with E-state index in [4.69, 9.17) is 29.4 Å². The highest BCUT2D eigenvalue weighted by Crippen LogP contribution is 2.20. The maximum Gasteiger partial charge on any atom is 0.513 e. The van der Waals surface area contributed by atoms with Crippen molar-refractivity contribution in [3.63, 3.8) is 0 Å². The molecule has 0 saturated heterocycles. The van der Waals surface area contributed by atoms with Gasteiger partial charge in [-0.1, -0.05) is 32.4 Å². The summed E-state index contributed by atoms with van der Waals surface area (Å²) in [5.74, 6) is -3.09. The van der Waals surface area contributed by atoms with Gasteiger partial charge in [0.1, 0.15) is 49.4 Å². The highest BCUT2D eigenvalue weighted by molar-refractivity contribution is 6.12. The van der Waals surface area contributed by atoms with Crippen LogP contribution in [0.3, 0.4) is 0 Å². The molecule has 0 aliphatic carbocycles. The molecule has 27 nitrogen and oxygen atoms in total. The van der Waals surface area contributed by atoms with Crippen molar-refractivity contribution in [2.45, 2.75) is 77.1 Å². The summed E-state index contributed by atoms with van der Waals surface area (Å²) in [5.41, 5.74) is 5.32. The second-order valence-corrected chi connectivity index (χ2v) is 16.2. The van der Waals surface area contributed by atoms with Gasteiger partial charge in [0.15, 0.2) is 0 Å². The number of nitrogens with one attached hydrogen (secondary N) is 5. The summed E-state index contributed by atoms with van der Waals surface area (Å²) >= 11 is 0. The topological polar surface area (TPSA) is 375 Å². The zero-order valence-corrected chi connectivity index (χ0v) is 39.4. The average Bonchev–Trinajstić information content (AvgIpc) is 3.67. The predicted molar refractivity (Wildman–Crippen MR) is 252 cm³/mol. The van der Waals surface area contributed by atoms with Gasteiger partial charge < -0.3 is 56.0 Å². The second kappa shape index (κ2) is 28.5. The number of ether oxygens (including phenoxy) is 5. The first kappa shape index (κ1) is 56.4. The molecule has 1 aliphatic rings. The zero-order chi connectivity index (χ0) is 53.5. The first-order valence-electron chi connectivity index (χ1n) is 22.5. The molecular formula is C46H53N9O18. The van der Waals surface area contributed by atoms with Gasteiger partial charge in [-0.15, -0.1) is 0 Å². The molecule has 0 spiro atoms. The molecule has 4 rings (SSSR count). The molecule has 8 amide bonds. The molecule has 0 unspecified atom stereocenters. The molecule has 0 fully saturated rings. The Morgan fingerprint density at radius 1 is 0.671 bits per heavy atom. The number of rotatable bonds is 27. The third-order valence-corrected chi connectivity index (χ3v) is 10.3. The largest absolute Gasteiger partial charge is 0.513 e. The summed E-state index contributed by atoms with van der Waals surface area (Å²) in [6.45, 7) is 2.07. The van der Waals surface area contributed by atoms with Gasteiger partial charge in [-0.3, -0.25) is 49.1 Å². The van der Waals surface area contributed by atoms with Gasteiger partial charge in [0.25, 0.3) is 23.2 Å². The first-order chi connectivity index (χ1) is 34.8. The van der Waals surface area contributed by atoms with Crippen LogP contribution >= 0.6 is 0 Å². The van der Waals surface area contributed by atoms with Crippen LogP contribution in [-0.2, 0) is 44.8 Å². The van der Waals surface area contributed by atoms with Crippen LogP contribution in [0.2, 0.25) is 0 Å². The molecular weight excluding hydrogens is 967 g/mol. The number of nitrogens with zero attached hydrogens (tertiary/aromatic N) is 3. The Labute approximate surface area is 415 Å². The van der Waals surface area contributed by atoms with Gasteiger partial charge in [-0.05, 0) is 73.6 Å². The molecule has 3 aromatic carbocycles. The summed E-state index contributed by atoms with van der Waals surface area (Å²) in [6.07, 6.45) is 0.520. The van der Waals surface area contributed by atoms with Crippen LogP contribution in [0.5, 0.6) is 11.5 Å². The van der Waals surface area contributed by atoms with Crippen molar-refractivity contribution in [3.05, 3.63) is 111 Å². The number of urea groups is 1. The fraction of sp³-hybridized carbons (Fsp3) is 0.370. The van der Waals surface area contributed by atoms with Gasteiger partial charge in [0, 0.05) is 61.6 Å². The number of hydrogen-bond donors (Lipinski definition) is 6. The van der Waals surface area contributed by atoms with E-state index in [2.05, 4.69) is 26.6 Å².